The predicted octanol–water partition coefficient (Wildman–Crippen LogP) is 1.23. The van der Waals surface area contributed by atoms with Crippen molar-refractivity contribution in [3.8, 4) is 0 Å². The van der Waals surface area contributed by atoms with Crippen LogP contribution >= 0.6 is 0 Å². The summed E-state index contributed by atoms with van der Waals surface area (Å²) in [5, 5.41) is 0. The summed E-state index contributed by atoms with van der Waals surface area (Å²) in [7, 11) is -2.23. The topological polar surface area (TPSA) is 113 Å². The first-order valence-electron chi connectivity index (χ1n) is 10.8. The highest BCUT2D eigenvalue weighted by molar-refractivity contribution is 7.89. The lowest BCUT2D eigenvalue weighted by Gasteiger charge is -2.32. The zero-order valence-corrected chi connectivity index (χ0v) is 20.0. The number of aryl methyl sites for hydroxylation is 2. The normalized spacial score (nSPS) is 16.5. The second kappa shape index (κ2) is 11.4. The minimum absolute atomic E-state index is 0.0677. The van der Waals surface area contributed by atoms with Gasteiger partial charge in [-0.1, -0.05) is 12.1 Å². The lowest BCUT2D eigenvalue weighted by molar-refractivity contribution is -0.152. The number of carbonyl (C=O) groups excluding carboxylic acids is 3. The van der Waals surface area contributed by atoms with Crippen LogP contribution in [0.2, 0.25) is 0 Å². The molecule has 0 bridgehead atoms. The Labute approximate surface area is 190 Å². The van der Waals surface area contributed by atoms with Gasteiger partial charge in [0, 0.05) is 33.1 Å². The lowest BCUT2D eigenvalue weighted by Crippen LogP contribution is -2.47. The van der Waals surface area contributed by atoms with Gasteiger partial charge in [0.25, 0.3) is 0 Å². The largest absolute Gasteiger partial charge is 0.466 e. The Morgan fingerprint density at radius 2 is 1.97 bits per heavy atom. The second-order valence-corrected chi connectivity index (χ2v) is 9.83. The van der Waals surface area contributed by atoms with Gasteiger partial charge in [-0.25, -0.2) is 13.1 Å². The van der Waals surface area contributed by atoms with Crippen molar-refractivity contribution in [2.24, 2.45) is 5.92 Å². The van der Waals surface area contributed by atoms with E-state index in [1.165, 1.54) is 11.9 Å². The Morgan fingerprint density at radius 3 is 2.66 bits per heavy atom. The van der Waals surface area contributed by atoms with Crippen LogP contribution in [0.1, 0.15) is 37.3 Å². The fourth-order valence-electron chi connectivity index (χ4n) is 3.60. The highest BCUT2D eigenvalue weighted by Crippen LogP contribution is 2.19. The van der Waals surface area contributed by atoms with Crippen LogP contribution in [0.5, 0.6) is 0 Å². The number of ether oxygens (including phenoxy) is 1. The van der Waals surface area contributed by atoms with Crippen LogP contribution in [0.3, 0.4) is 0 Å². The number of carbonyl (C=O) groups is 3. The molecule has 2 rings (SSSR count). The number of nitrogens with zero attached hydrogens (tertiary/aromatic N) is 2. The van der Waals surface area contributed by atoms with Crippen LogP contribution in [0.15, 0.2) is 23.1 Å². The molecule has 0 radical (unpaired) electrons. The molecule has 1 atom stereocenters. The van der Waals surface area contributed by atoms with E-state index in [2.05, 4.69) is 4.72 Å². The molecule has 1 aliphatic rings. The number of rotatable bonds is 9. The number of hydrogen-bond acceptors (Lipinski definition) is 6. The molecule has 178 valence electrons. The summed E-state index contributed by atoms with van der Waals surface area (Å²) >= 11 is 0. The Balaban J connectivity index is 1.84. The molecule has 1 aromatic carbocycles. The lowest BCUT2D eigenvalue weighted by atomic mass is 9.98. The molecule has 1 heterocycles. The van der Waals surface area contributed by atoms with Crippen LogP contribution in [0.4, 0.5) is 0 Å². The fraction of sp³-hybridized carbons (Fsp3) is 0.591. The van der Waals surface area contributed by atoms with Gasteiger partial charge in [-0.3, -0.25) is 14.4 Å². The third kappa shape index (κ3) is 7.03. The summed E-state index contributed by atoms with van der Waals surface area (Å²) in [6.07, 6.45) is 1.31. The van der Waals surface area contributed by atoms with Crippen molar-refractivity contribution in [2.75, 3.05) is 39.8 Å². The number of piperidine rings is 1. The van der Waals surface area contributed by atoms with Gasteiger partial charge in [-0.05, 0) is 50.8 Å². The van der Waals surface area contributed by atoms with Gasteiger partial charge in [-0.15, -0.1) is 0 Å². The zero-order valence-electron chi connectivity index (χ0n) is 19.2. The van der Waals surface area contributed by atoms with Crippen molar-refractivity contribution in [3.05, 3.63) is 29.3 Å². The van der Waals surface area contributed by atoms with Crippen molar-refractivity contribution < 1.29 is 27.5 Å². The molecule has 1 fully saturated rings. The predicted molar refractivity (Wildman–Crippen MR) is 119 cm³/mol. The molecule has 10 heteroatoms. The van der Waals surface area contributed by atoms with Crippen LogP contribution in [0, 0.1) is 19.8 Å². The summed E-state index contributed by atoms with van der Waals surface area (Å²) in [5.74, 6) is -1.23. The first kappa shape index (κ1) is 25.8. The molecule has 1 saturated heterocycles. The van der Waals surface area contributed by atoms with Crippen molar-refractivity contribution in [1.82, 2.24) is 14.5 Å². The molecule has 0 aliphatic carbocycles. The quantitative estimate of drug-likeness (QED) is 0.547. The highest BCUT2D eigenvalue weighted by Gasteiger charge is 2.30. The first-order valence-corrected chi connectivity index (χ1v) is 12.3. The van der Waals surface area contributed by atoms with Gasteiger partial charge in [0.05, 0.1) is 24.0 Å². The molecule has 0 aromatic heterocycles. The molecule has 9 nitrogen and oxygen atoms in total. The third-order valence-corrected chi connectivity index (χ3v) is 7.06. The number of hydrogen-bond donors (Lipinski definition) is 1. The molecule has 1 N–H and O–H groups in total. The highest BCUT2D eigenvalue weighted by atomic mass is 32.2. The van der Waals surface area contributed by atoms with Crippen molar-refractivity contribution in [2.45, 2.75) is 44.9 Å². The SMILES string of the molecule is CCOC(=O)C1CCCN(C(=O)CN(C)C(=O)CCNS(=O)(=O)c2cc(C)ccc2C)C1. The standard InChI is InChI=1S/C22H33N3O6S/c1-5-31-22(28)18-7-6-12-25(14-18)21(27)15-24(4)20(26)10-11-23-32(29,30)19-13-16(2)8-9-17(19)3/h8-9,13,18,23H,5-7,10-12,14-15H2,1-4H3. The number of benzene rings is 1. The van der Waals surface area contributed by atoms with E-state index in [4.69, 9.17) is 4.74 Å². The van der Waals surface area contributed by atoms with Gasteiger partial charge in [0.15, 0.2) is 0 Å². The minimum Gasteiger partial charge on any atom is -0.466 e. The molecular weight excluding hydrogens is 434 g/mol. The number of likely N-dealkylation sites (N-methyl/N-ethyl adjacent to an activating group) is 1. The Bertz CT molecular complexity index is 947. The Hall–Kier alpha value is -2.46. The van der Waals surface area contributed by atoms with Crippen molar-refractivity contribution in [3.63, 3.8) is 0 Å². The molecule has 0 saturated carbocycles. The van der Waals surface area contributed by atoms with Crippen LogP contribution in [0.25, 0.3) is 0 Å². The number of likely N-dealkylation sites (tertiary alicyclic amines) is 1. The molecular formula is C22H33N3O6S. The average molecular weight is 468 g/mol. The molecule has 1 aromatic rings. The van der Waals surface area contributed by atoms with Gasteiger partial charge < -0.3 is 14.5 Å². The van der Waals surface area contributed by atoms with Gasteiger partial charge >= 0.3 is 5.97 Å². The van der Waals surface area contributed by atoms with Gasteiger partial charge in [-0.2, -0.15) is 0 Å². The zero-order chi connectivity index (χ0) is 23.9. The summed E-state index contributed by atoms with van der Waals surface area (Å²) < 4.78 is 32.6. The van der Waals surface area contributed by atoms with Crippen LogP contribution < -0.4 is 4.72 Å². The molecule has 2 amide bonds. The Morgan fingerprint density at radius 1 is 1.25 bits per heavy atom. The van der Waals surface area contributed by atoms with Crippen LogP contribution in [-0.2, 0) is 29.1 Å². The average Bonchev–Trinajstić information content (AvgIpc) is 2.75. The number of nitrogens with one attached hydrogen (secondary N) is 1. The number of sulfonamides is 1. The number of amides is 2. The summed E-state index contributed by atoms with van der Waals surface area (Å²) in [5.41, 5.74) is 1.45. The third-order valence-electron chi connectivity index (χ3n) is 5.46. The molecule has 1 unspecified atom stereocenters. The van der Waals surface area contributed by atoms with E-state index in [-0.39, 0.29) is 54.7 Å². The maximum atomic E-state index is 12.6. The minimum atomic E-state index is -3.73. The van der Waals surface area contributed by atoms with E-state index in [0.29, 0.717) is 31.6 Å². The van der Waals surface area contributed by atoms with Crippen LogP contribution in [-0.4, -0.2) is 75.8 Å². The van der Waals surface area contributed by atoms with E-state index in [1.807, 2.05) is 13.0 Å². The van der Waals surface area contributed by atoms with E-state index in [0.717, 1.165) is 5.56 Å². The monoisotopic (exact) mass is 467 g/mol. The maximum Gasteiger partial charge on any atom is 0.310 e. The summed E-state index contributed by atoms with van der Waals surface area (Å²) in [6.45, 7) is 6.19. The fourth-order valence-corrected chi connectivity index (χ4v) is 4.96. The summed E-state index contributed by atoms with van der Waals surface area (Å²) in [4.78, 5) is 40.0. The number of esters is 1. The maximum absolute atomic E-state index is 12.6. The molecule has 0 spiro atoms. The van der Waals surface area contributed by atoms with Crippen molar-refractivity contribution in [1.29, 1.82) is 0 Å². The van der Waals surface area contributed by atoms with E-state index in [1.54, 1.807) is 30.9 Å². The second-order valence-electron chi connectivity index (χ2n) is 8.10. The molecule has 1 aliphatic heterocycles. The Kier molecular flexibility index (Phi) is 9.21. The summed E-state index contributed by atoms with van der Waals surface area (Å²) in [6, 6.07) is 5.16. The van der Waals surface area contributed by atoms with Crippen molar-refractivity contribution >= 4 is 27.8 Å². The first-order chi connectivity index (χ1) is 15.0. The van der Waals surface area contributed by atoms with E-state index < -0.39 is 10.0 Å². The molecule has 32 heavy (non-hydrogen) atoms. The van der Waals surface area contributed by atoms with E-state index >= 15 is 0 Å². The van der Waals surface area contributed by atoms with Gasteiger partial charge in [0.2, 0.25) is 21.8 Å². The van der Waals surface area contributed by atoms with E-state index in [9.17, 15) is 22.8 Å². The van der Waals surface area contributed by atoms with Gasteiger partial charge in [0.1, 0.15) is 0 Å². The smallest absolute Gasteiger partial charge is 0.310 e.